The highest BCUT2D eigenvalue weighted by Gasteiger charge is 2.29. The van der Waals surface area contributed by atoms with Crippen molar-refractivity contribution >= 4 is 17.3 Å². The molecule has 0 spiro atoms. The Hall–Kier alpha value is -1.59. The second-order valence-electron chi connectivity index (χ2n) is 7.49. The van der Waals surface area contributed by atoms with E-state index in [1.165, 1.54) is 24.9 Å². The summed E-state index contributed by atoms with van der Waals surface area (Å²) in [4.78, 5) is 14.8. The SMILES string of the molecule is CC(C)CC1CC(C(=O)Nc2ccc(N3CCCCC3)cc2)NN1. The maximum Gasteiger partial charge on any atom is 0.242 e. The van der Waals surface area contributed by atoms with E-state index >= 15 is 0 Å². The van der Waals surface area contributed by atoms with E-state index in [4.69, 9.17) is 0 Å². The number of hydrogen-bond donors (Lipinski definition) is 3. The third-order valence-corrected chi connectivity index (χ3v) is 4.91. The molecule has 2 heterocycles. The number of benzene rings is 1. The summed E-state index contributed by atoms with van der Waals surface area (Å²) in [5.74, 6) is 0.674. The Balaban J connectivity index is 1.51. The number of hydrazine groups is 1. The number of piperidine rings is 1. The van der Waals surface area contributed by atoms with E-state index < -0.39 is 0 Å². The summed E-state index contributed by atoms with van der Waals surface area (Å²) in [6.45, 7) is 6.69. The van der Waals surface area contributed by atoms with Gasteiger partial charge in [-0.25, -0.2) is 5.43 Å². The van der Waals surface area contributed by atoms with Crippen LogP contribution in [0.15, 0.2) is 24.3 Å². The molecular weight excluding hydrogens is 300 g/mol. The molecule has 0 bridgehead atoms. The minimum atomic E-state index is -0.157. The van der Waals surface area contributed by atoms with Crippen molar-refractivity contribution in [2.45, 2.75) is 58.0 Å². The number of nitrogens with one attached hydrogen (secondary N) is 3. The Bertz CT molecular complexity index is 537. The second kappa shape index (κ2) is 7.99. The van der Waals surface area contributed by atoms with Gasteiger partial charge in [0, 0.05) is 30.5 Å². The average Bonchev–Trinajstić information content (AvgIpc) is 3.04. The summed E-state index contributed by atoms with van der Waals surface area (Å²) >= 11 is 0. The summed E-state index contributed by atoms with van der Waals surface area (Å²) in [7, 11) is 0. The third kappa shape index (κ3) is 4.48. The Labute approximate surface area is 145 Å². The van der Waals surface area contributed by atoms with E-state index in [9.17, 15) is 4.79 Å². The van der Waals surface area contributed by atoms with Crippen LogP contribution in [-0.2, 0) is 4.79 Å². The number of hydrogen-bond acceptors (Lipinski definition) is 4. The van der Waals surface area contributed by atoms with Crippen LogP contribution in [0, 0.1) is 5.92 Å². The van der Waals surface area contributed by atoms with Gasteiger partial charge in [-0.05, 0) is 62.3 Å². The summed E-state index contributed by atoms with van der Waals surface area (Å²) in [6.07, 6.45) is 5.81. The highest BCUT2D eigenvalue weighted by atomic mass is 16.2. The number of anilines is 2. The summed E-state index contributed by atoms with van der Waals surface area (Å²) < 4.78 is 0. The van der Waals surface area contributed by atoms with E-state index in [0.29, 0.717) is 12.0 Å². The number of rotatable bonds is 5. The van der Waals surface area contributed by atoms with E-state index in [1.54, 1.807) is 0 Å². The fraction of sp³-hybridized carbons (Fsp3) is 0.632. The zero-order valence-corrected chi connectivity index (χ0v) is 14.8. The molecule has 0 aromatic heterocycles. The average molecular weight is 330 g/mol. The molecule has 5 heteroatoms. The van der Waals surface area contributed by atoms with Crippen molar-refractivity contribution in [1.29, 1.82) is 0 Å². The maximum atomic E-state index is 12.4. The van der Waals surface area contributed by atoms with Crippen molar-refractivity contribution in [3.63, 3.8) is 0 Å². The Morgan fingerprint density at radius 1 is 1.17 bits per heavy atom. The first-order valence-corrected chi connectivity index (χ1v) is 9.29. The highest BCUT2D eigenvalue weighted by Crippen LogP contribution is 2.22. The monoisotopic (exact) mass is 330 g/mol. The Morgan fingerprint density at radius 2 is 1.88 bits per heavy atom. The van der Waals surface area contributed by atoms with E-state index in [1.807, 2.05) is 12.1 Å². The van der Waals surface area contributed by atoms with Crippen LogP contribution in [0.1, 0.15) is 46.0 Å². The fourth-order valence-electron chi connectivity index (χ4n) is 3.65. The molecule has 2 atom stereocenters. The third-order valence-electron chi connectivity index (χ3n) is 4.91. The second-order valence-corrected chi connectivity index (χ2v) is 7.49. The van der Waals surface area contributed by atoms with Gasteiger partial charge in [0.1, 0.15) is 6.04 Å². The Kier molecular flexibility index (Phi) is 5.74. The van der Waals surface area contributed by atoms with Crippen LogP contribution in [0.5, 0.6) is 0 Å². The van der Waals surface area contributed by atoms with Crippen LogP contribution in [0.2, 0.25) is 0 Å². The van der Waals surface area contributed by atoms with Gasteiger partial charge in [-0.1, -0.05) is 13.8 Å². The molecule has 2 aliphatic rings. The van der Waals surface area contributed by atoms with Gasteiger partial charge in [0.05, 0.1) is 0 Å². The molecule has 24 heavy (non-hydrogen) atoms. The van der Waals surface area contributed by atoms with Gasteiger partial charge < -0.3 is 10.2 Å². The summed E-state index contributed by atoms with van der Waals surface area (Å²) in [5, 5.41) is 3.03. The van der Waals surface area contributed by atoms with Crippen LogP contribution < -0.4 is 21.1 Å². The van der Waals surface area contributed by atoms with Gasteiger partial charge >= 0.3 is 0 Å². The standard InChI is InChI=1S/C19H30N4O/c1-14(2)12-16-13-18(22-21-16)19(24)20-15-6-8-17(9-7-15)23-10-4-3-5-11-23/h6-9,14,16,18,21-22H,3-5,10-13H2,1-2H3,(H,20,24). The molecule has 1 amide bonds. The zero-order chi connectivity index (χ0) is 16.9. The summed E-state index contributed by atoms with van der Waals surface area (Å²) in [5.41, 5.74) is 8.49. The molecule has 3 N–H and O–H groups in total. The Morgan fingerprint density at radius 3 is 2.54 bits per heavy atom. The molecule has 1 aromatic rings. The highest BCUT2D eigenvalue weighted by molar-refractivity contribution is 5.95. The van der Waals surface area contributed by atoms with Crippen molar-refractivity contribution in [2.75, 3.05) is 23.3 Å². The smallest absolute Gasteiger partial charge is 0.242 e. The van der Waals surface area contributed by atoms with Crippen molar-refractivity contribution in [2.24, 2.45) is 5.92 Å². The van der Waals surface area contributed by atoms with Crippen LogP contribution in [0.3, 0.4) is 0 Å². The number of nitrogens with zero attached hydrogens (tertiary/aromatic N) is 1. The van der Waals surface area contributed by atoms with Crippen molar-refractivity contribution in [1.82, 2.24) is 10.9 Å². The van der Waals surface area contributed by atoms with E-state index in [-0.39, 0.29) is 11.9 Å². The molecule has 0 saturated carbocycles. The fourth-order valence-corrected chi connectivity index (χ4v) is 3.65. The van der Waals surface area contributed by atoms with Crippen LogP contribution in [0.4, 0.5) is 11.4 Å². The van der Waals surface area contributed by atoms with Crippen molar-refractivity contribution in [3.8, 4) is 0 Å². The van der Waals surface area contributed by atoms with Crippen LogP contribution in [-0.4, -0.2) is 31.1 Å². The first-order valence-electron chi connectivity index (χ1n) is 9.29. The van der Waals surface area contributed by atoms with Crippen molar-refractivity contribution in [3.05, 3.63) is 24.3 Å². The number of carbonyl (C=O) groups excluding carboxylic acids is 1. The minimum absolute atomic E-state index is 0.0412. The first-order chi connectivity index (χ1) is 11.6. The lowest BCUT2D eigenvalue weighted by atomic mass is 10.00. The largest absolute Gasteiger partial charge is 0.372 e. The van der Waals surface area contributed by atoms with E-state index in [2.05, 4.69) is 47.0 Å². The molecule has 0 radical (unpaired) electrons. The lowest BCUT2D eigenvalue weighted by Gasteiger charge is -2.28. The molecule has 2 fully saturated rings. The molecule has 1 aromatic carbocycles. The molecule has 2 saturated heterocycles. The van der Waals surface area contributed by atoms with Gasteiger partial charge in [-0.3, -0.25) is 10.2 Å². The normalized spacial score (nSPS) is 24.4. The molecule has 3 rings (SSSR count). The molecule has 132 valence electrons. The molecule has 0 aliphatic carbocycles. The molecular formula is C19H30N4O. The molecule has 2 aliphatic heterocycles. The van der Waals surface area contributed by atoms with Gasteiger partial charge in [-0.15, -0.1) is 0 Å². The maximum absolute atomic E-state index is 12.4. The summed E-state index contributed by atoms with van der Waals surface area (Å²) in [6, 6.07) is 8.47. The van der Waals surface area contributed by atoms with Gasteiger partial charge in [-0.2, -0.15) is 0 Å². The van der Waals surface area contributed by atoms with Gasteiger partial charge in [0.15, 0.2) is 0 Å². The van der Waals surface area contributed by atoms with E-state index in [0.717, 1.165) is 31.6 Å². The minimum Gasteiger partial charge on any atom is -0.372 e. The number of amides is 1. The lowest BCUT2D eigenvalue weighted by Crippen LogP contribution is -2.40. The number of carbonyl (C=O) groups is 1. The predicted octanol–water partition coefficient (Wildman–Crippen LogP) is 2.90. The first kappa shape index (κ1) is 17.2. The zero-order valence-electron chi connectivity index (χ0n) is 14.8. The van der Waals surface area contributed by atoms with Crippen LogP contribution in [0.25, 0.3) is 0 Å². The lowest BCUT2D eigenvalue weighted by molar-refractivity contribution is -0.117. The molecule has 2 unspecified atom stereocenters. The van der Waals surface area contributed by atoms with Gasteiger partial charge in [0.2, 0.25) is 5.91 Å². The van der Waals surface area contributed by atoms with Gasteiger partial charge in [0.25, 0.3) is 0 Å². The molecule has 5 nitrogen and oxygen atoms in total. The van der Waals surface area contributed by atoms with Crippen LogP contribution >= 0.6 is 0 Å². The predicted molar refractivity (Wildman–Crippen MR) is 99.1 cm³/mol. The topological polar surface area (TPSA) is 56.4 Å². The van der Waals surface area contributed by atoms with Crippen molar-refractivity contribution < 1.29 is 4.79 Å². The quantitative estimate of drug-likeness (QED) is 0.777.